The minimum atomic E-state index is -5.07. The second-order valence-electron chi connectivity index (χ2n) is 8.04. The van der Waals surface area contributed by atoms with E-state index in [0.717, 1.165) is 5.56 Å². The first-order valence-electron chi connectivity index (χ1n) is 10.3. The van der Waals surface area contributed by atoms with Crippen molar-refractivity contribution in [2.24, 2.45) is 4.99 Å². The van der Waals surface area contributed by atoms with Crippen LogP contribution in [-0.4, -0.2) is 35.0 Å². The summed E-state index contributed by atoms with van der Waals surface area (Å²) in [5.74, 6) is -1.40. The van der Waals surface area contributed by atoms with Crippen molar-refractivity contribution in [2.45, 2.75) is 44.6 Å². The number of rotatable bonds is 3. The maximum Gasteiger partial charge on any atom is 0.416 e. The van der Waals surface area contributed by atoms with Gasteiger partial charge in [-0.05, 0) is 42.3 Å². The number of nitrogens with zero attached hydrogens (tertiary/aromatic N) is 2. The van der Waals surface area contributed by atoms with Crippen LogP contribution in [0.2, 0.25) is 0 Å². The topological polar surface area (TPSA) is 75.8 Å². The molecule has 0 aromatic heterocycles. The van der Waals surface area contributed by atoms with Crippen LogP contribution in [-0.2, 0) is 23.6 Å². The fourth-order valence-corrected chi connectivity index (χ4v) is 3.86. The lowest BCUT2D eigenvalue weighted by molar-refractivity contribution is -0.143. The van der Waals surface area contributed by atoms with Crippen molar-refractivity contribution in [1.29, 1.82) is 0 Å². The highest BCUT2D eigenvalue weighted by atomic mass is 19.4. The molecule has 34 heavy (non-hydrogen) atoms. The average Bonchev–Trinajstić information content (AvgIpc) is 2.73. The van der Waals surface area contributed by atoms with E-state index in [-0.39, 0.29) is 31.9 Å². The Morgan fingerprint density at radius 2 is 1.56 bits per heavy atom. The van der Waals surface area contributed by atoms with Crippen molar-refractivity contribution in [3.63, 3.8) is 0 Å². The molecule has 11 heteroatoms. The van der Waals surface area contributed by atoms with Crippen LogP contribution >= 0.6 is 0 Å². The molecular formula is C23H21F6N3O2. The largest absolute Gasteiger partial charge is 0.416 e. The molecule has 1 saturated heterocycles. The van der Waals surface area contributed by atoms with Crippen molar-refractivity contribution in [3.8, 4) is 0 Å². The second-order valence-corrected chi connectivity index (χ2v) is 8.04. The molecule has 0 aliphatic carbocycles. The Balaban J connectivity index is 2.00. The number of alkyl halides is 6. The van der Waals surface area contributed by atoms with Crippen LogP contribution in [0.3, 0.4) is 0 Å². The Bertz CT molecular complexity index is 1070. The van der Waals surface area contributed by atoms with Gasteiger partial charge < -0.3 is 10.6 Å². The number of nitrogen functional groups attached to an aromatic ring is 1. The molecule has 0 radical (unpaired) electrons. The highest BCUT2D eigenvalue weighted by Gasteiger charge is 2.39. The molecule has 1 aliphatic heterocycles. The third kappa shape index (κ3) is 6.15. The lowest BCUT2D eigenvalue weighted by Crippen LogP contribution is -2.47. The normalized spacial score (nSPS) is 18.3. The lowest BCUT2D eigenvalue weighted by Gasteiger charge is -2.37. The number of halogens is 6. The molecule has 2 aromatic carbocycles. The first-order chi connectivity index (χ1) is 15.7. The number of carbonyl (C=O) groups excluding carboxylic acids is 2. The van der Waals surface area contributed by atoms with Gasteiger partial charge in [-0.3, -0.25) is 9.59 Å². The van der Waals surface area contributed by atoms with Gasteiger partial charge in [0.2, 0.25) is 5.91 Å². The number of nitrogens with two attached hydrogens (primary N) is 1. The van der Waals surface area contributed by atoms with Crippen molar-refractivity contribution in [1.82, 2.24) is 4.90 Å². The van der Waals surface area contributed by atoms with Gasteiger partial charge in [-0.15, -0.1) is 0 Å². The van der Waals surface area contributed by atoms with E-state index in [1.165, 1.54) is 11.8 Å². The number of likely N-dealkylation sites (tertiary alicyclic amines) is 1. The predicted octanol–water partition coefficient (Wildman–Crippen LogP) is 5.14. The lowest BCUT2D eigenvalue weighted by atomic mass is 9.92. The zero-order valence-corrected chi connectivity index (χ0v) is 18.0. The van der Waals surface area contributed by atoms with E-state index in [9.17, 15) is 35.9 Å². The molecule has 182 valence electrons. The Morgan fingerprint density at radius 3 is 2.06 bits per heavy atom. The number of aliphatic imine (C=N–C) groups is 1. The molecule has 1 fully saturated rings. The van der Waals surface area contributed by atoms with Crippen molar-refractivity contribution < 1.29 is 35.9 Å². The van der Waals surface area contributed by atoms with Crippen molar-refractivity contribution in [3.05, 3.63) is 64.7 Å². The van der Waals surface area contributed by atoms with Gasteiger partial charge in [-0.25, -0.2) is 4.99 Å². The molecule has 1 heterocycles. The molecular weight excluding hydrogens is 464 g/mol. The predicted molar refractivity (Wildman–Crippen MR) is 113 cm³/mol. The van der Waals surface area contributed by atoms with E-state index < -0.39 is 46.9 Å². The van der Waals surface area contributed by atoms with Gasteiger partial charge in [0.15, 0.2) is 0 Å². The number of piperidine rings is 1. The number of benzene rings is 2. The zero-order valence-electron chi connectivity index (χ0n) is 18.0. The Kier molecular flexibility index (Phi) is 7.04. The third-order valence-electron chi connectivity index (χ3n) is 5.42. The van der Waals surface area contributed by atoms with E-state index in [2.05, 4.69) is 4.99 Å². The van der Waals surface area contributed by atoms with Crippen molar-refractivity contribution in [2.75, 3.05) is 12.3 Å². The molecule has 0 bridgehead atoms. The standard InChI is InChI=1S/C23H21F6N3O2/c1-13(33)31-19-6-7-32(20(12-19)8-14-2-4-18(30)5-3-14)21(34)15-9-16(22(24,25)26)11-17(10-15)23(27,28)29/h2-5,9-11,20H,6-8,12,30H2,1H3/t20-/m1/s1. The quantitative estimate of drug-likeness (QED) is 0.483. The molecule has 2 N–H and O–H groups in total. The molecule has 1 atom stereocenters. The summed E-state index contributed by atoms with van der Waals surface area (Å²) >= 11 is 0. The summed E-state index contributed by atoms with van der Waals surface area (Å²) in [7, 11) is 0. The molecule has 5 nitrogen and oxygen atoms in total. The smallest absolute Gasteiger partial charge is 0.399 e. The summed E-state index contributed by atoms with van der Waals surface area (Å²) in [6.45, 7) is 1.25. The third-order valence-corrected chi connectivity index (χ3v) is 5.42. The van der Waals surface area contributed by atoms with Crippen molar-refractivity contribution >= 4 is 23.2 Å². The first-order valence-corrected chi connectivity index (χ1v) is 10.3. The van der Waals surface area contributed by atoms with Gasteiger partial charge in [-0.2, -0.15) is 26.3 Å². The number of carbonyl (C=O) groups is 2. The molecule has 2 amide bonds. The Hall–Kier alpha value is -3.37. The van der Waals surface area contributed by atoms with Gasteiger partial charge in [0, 0.05) is 49.3 Å². The number of anilines is 1. The summed E-state index contributed by atoms with van der Waals surface area (Å²) in [6, 6.07) is 6.90. The van der Waals surface area contributed by atoms with E-state index in [1.54, 1.807) is 24.3 Å². The summed E-state index contributed by atoms with van der Waals surface area (Å²) in [6.07, 6.45) is -9.56. The van der Waals surface area contributed by atoms with Crippen LogP contribution in [0.5, 0.6) is 0 Å². The highest BCUT2D eigenvalue weighted by molar-refractivity contribution is 5.99. The van der Waals surface area contributed by atoms with Crippen LogP contribution in [0.1, 0.15) is 46.8 Å². The van der Waals surface area contributed by atoms with Gasteiger partial charge in [0.05, 0.1) is 11.1 Å². The van der Waals surface area contributed by atoms with E-state index in [1.807, 2.05) is 0 Å². The fraction of sp³-hybridized carbons (Fsp3) is 0.348. The number of hydrogen-bond donors (Lipinski definition) is 1. The minimum Gasteiger partial charge on any atom is -0.399 e. The van der Waals surface area contributed by atoms with Crippen LogP contribution in [0.15, 0.2) is 47.5 Å². The van der Waals surface area contributed by atoms with Crippen LogP contribution < -0.4 is 5.73 Å². The van der Waals surface area contributed by atoms with Crippen LogP contribution in [0, 0.1) is 0 Å². The monoisotopic (exact) mass is 485 g/mol. The van der Waals surface area contributed by atoms with Gasteiger partial charge in [0.1, 0.15) is 0 Å². The molecule has 0 saturated carbocycles. The minimum absolute atomic E-state index is 0.0117. The molecule has 0 spiro atoms. The number of hydrogen-bond acceptors (Lipinski definition) is 3. The summed E-state index contributed by atoms with van der Waals surface area (Å²) < 4.78 is 79.6. The van der Waals surface area contributed by atoms with E-state index in [4.69, 9.17) is 5.73 Å². The fourth-order valence-electron chi connectivity index (χ4n) is 3.86. The van der Waals surface area contributed by atoms with Gasteiger partial charge in [-0.1, -0.05) is 12.1 Å². The molecule has 2 aromatic rings. The Morgan fingerprint density at radius 1 is 1.00 bits per heavy atom. The maximum atomic E-state index is 13.3. The second kappa shape index (κ2) is 9.47. The average molecular weight is 485 g/mol. The molecule has 1 aliphatic rings. The zero-order chi connectivity index (χ0) is 25.3. The first kappa shape index (κ1) is 25.3. The molecule has 0 unspecified atom stereocenters. The number of amides is 2. The summed E-state index contributed by atoms with van der Waals surface area (Å²) in [5, 5.41) is 0. The van der Waals surface area contributed by atoms with Gasteiger partial charge in [0.25, 0.3) is 5.91 Å². The summed E-state index contributed by atoms with van der Waals surface area (Å²) in [5.41, 5.74) is 3.62. The van der Waals surface area contributed by atoms with E-state index >= 15 is 0 Å². The van der Waals surface area contributed by atoms with Gasteiger partial charge >= 0.3 is 12.4 Å². The van der Waals surface area contributed by atoms with E-state index in [0.29, 0.717) is 23.5 Å². The maximum absolute atomic E-state index is 13.3. The van der Waals surface area contributed by atoms with Crippen LogP contribution in [0.4, 0.5) is 32.0 Å². The Labute approximate surface area is 191 Å². The highest BCUT2D eigenvalue weighted by Crippen LogP contribution is 2.37. The SMILES string of the molecule is CC(=O)N=C1CCN(C(=O)c2cc(C(F)(F)F)cc(C(F)(F)F)c2)[C@H](Cc2ccc(N)cc2)C1. The van der Waals surface area contributed by atoms with Crippen LogP contribution in [0.25, 0.3) is 0 Å². The molecule has 3 rings (SSSR count). The summed E-state index contributed by atoms with van der Waals surface area (Å²) in [4.78, 5) is 29.8.